The summed E-state index contributed by atoms with van der Waals surface area (Å²) in [5.41, 5.74) is 3.27. The number of benzene rings is 1. The topological polar surface area (TPSA) is 32.3 Å². The van der Waals surface area contributed by atoms with Crippen LogP contribution in [0.3, 0.4) is 0 Å². The first-order chi connectivity index (χ1) is 9.11. The van der Waals surface area contributed by atoms with Crippen molar-refractivity contribution in [2.45, 2.75) is 33.1 Å². The molecule has 0 aliphatic carbocycles. The molecule has 0 radical (unpaired) electrons. The molecule has 1 amide bonds. The Morgan fingerprint density at radius 2 is 2.26 bits per heavy atom. The molecule has 0 fully saturated rings. The highest BCUT2D eigenvalue weighted by molar-refractivity contribution is 5.94. The molecule has 1 unspecified atom stereocenters. The van der Waals surface area contributed by atoms with Crippen LogP contribution < -0.4 is 5.32 Å². The molecule has 1 aliphatic heterocycles. The monoisotopic (exact) mass is 260 g/mol. The summed E-state index contributed by atoms with van der Waals surface area (Å²) in [6, 6.07) is 6.03. The number of anilines is 1. The van der Waals surface area contributed by atoms with Gasteiger partial charge in [-0.05, 0) is 42.5 Å². The zero-order valence-corrected chi connectivity index (χ0v) is 12.2. The Morgan fingerprint density at radius 1 is 1.47 bits per heavy atom. The second-order valence-electron chi connectivity index (χ2n) is 5.60. The third-order valence-corrected chi connectivity index (χ3v) is 3.92. The third kappa shape index (κ3) is 3.28. The van der Waals surface area contributed by atoms with E-state index < -0.39 is 0 Å². The lowest BCUT2D eigenvalue weighted by Gasteiger charge is -2.23. The van der Waals surface area contributed by atoms with Gasteiger partial charge in [0.2, 0.25) is 0 Å². The first-order valence-electron chi connectivity index (χ1n) is 7.24. The van der Waals surface area contributed by atoms with Crippen molar-refractivity contribution in [1.29, 1.82) is 0 Å². The number of rotatable bonds is 4. The van der Waals surface area contributed by atoms with Gasteiger partial charge in [-0.3, -0.25) is 4.79 Å². The normalized spacial score (nSPS) is 15.3. The van der Waals surface area contributed by atoms with Crippen LogP contribution in [0.2, 0.25) is 0 Å². The van der Waals surface area contributed by atoms with Gasteiger partial charge in [-0.15, -0.1) is 0 Å². The highest BCUT2D eigenvalue weighted by Gasteiger charge is 2.16. The molecule has 104 valence electrons. The van der Waals surface area contributed by atoms with Gasteiger partial charge in [0.1, 0.15) is 0 Å². The van der Waals surface area contributed by atoms with Gasteiger partial charge in [-0.25, -0.2) is 0 Å². The summed E-state index contributed by atoms with van der Waals surface area (Å²) in [5.74, 6) is 0.682. The Kier molecular flexibility index (Phi) is 4.46. The molecule has 1 heterocycles. The number of carbonyl (C=O) groups is 1. The molecule has 1 aromatic rings. The number of aryl methyl sites for hydroxylation is 1. The van der Waals surface area contributed by atoms with Crippen LogP contribution in [0.5, 0.6) is 0 Å². The molecule has 19 heavy (non-hydrogen) atoms. The fraction of sp³-hybridized carbons (Fsp3) is 0.562. The highest BCUT2D eigenvalue weighted by atomic mass is 16.2. The van der Waals surface area contributed by atoms with Gasteiger partial charge in [-0.1, -0.05) is 20.3 Å². The van der Waals surface area contributed by atoms with Crippen LogP contribution in [-0.2, 0) is 6.42 Å². The minimum absolute atomic E-state index is 0.133. The molecule has 1 aliphatic rings. The Hall–Kier alpha value is -1.51. The van der Waals surface area contributed by atoms with Crippen LogP contribution in [0.25, 0.3) is 0 Å². The number of fused-ring (bicyclic) bond motifs is 1. The van der Waals surface area contributed by atoms with Gasteiger partial charge in [-0.2, -0.15) is 0 Å². The summed E-state index contributed by atoms with van der Waals surface area (Å²) >= 11 is 0. The maximum atomic E-state index is 12.4. The molecule has 2 rings (SSSR count). The number of amides is 1. The summed E-state index contributed by atoms with van der Waals surface area (Å²) < 4.78 is 0. The van der Waals surface area contributed by atoms with Gasteiger partial charge < -0.3 is 10.2 Å². The minimum atomic E-state index is 0.133. The average Bonchev–Trinajstić information content (AvgIpc) is 2.45. The van der Waals surface area contributed by atoms with Crippen molar-refractivity contribution in [2.75, 3.05) is 25.5 Å². The van der Waals surface area contributed by atoms with Crippen molar-refractivity contribution in [3.05, 3.63) is 29.3 Å². The Morgan fingerprint density at radius 3 is 3.00 bits per heavy atom. The fourth-order valence-corrected chi connectivity index (χ4v) is 2.51. The molecule has 0 spiro atoms. The smallest absolute Gasteiger partial charge is 0.253 e. The maximum absolute atomic E-state index is 12.4. The summed E-state index contributed by atoms with van der Waals surface area (Å²) in [4.78, 5) is 14.2. The quantitative estimate of drug-likeness (QED) is 0.902. The number of carbonyl (C=O) groups excluding carboxylic acids is 1. The van der Waals surface area contributed by atoms with E-state index in [4.69, 9.17) is 0 Å². The Balaban J connectivity index is 2.10. The zero-order valence-electron chi connectivity index (χ0n) is 12.2. The number of hydrogen-bond donors (Lipinski definition) is 1. The van der Waals surface area contributed by atoms with Crippen molar-refractivity contribution >= 4 is 11.6 Å². The van der Waals surface area contributed by atoms with Gasteiger partial charge in [0.25, 0.3) is 5.91 Å². The molecular formula is C16H24N2O. The van der Waals surface area contributed by atoms with E-state index in [0.717, 1.165) is 37.9 Å². The molecule has 3 heteroatoms. The number of nitrogens with one attached hydrogen (secondary N) is 1. The lowest BCUT2D eigenvalue weighted by Crippen LogP contribution is -2.31. The van der Waals surface area contributed by atoms with Gasteiger partial charge >= 0.3 is 0 Å². The molecule has 3 nitrogen and oxygen atoms in total. The van der Waals surface area contributed by atoms with Gasteiger partial charge in [0, 0.05) is 31.4 Å². The van der Waals surface area contributed by atoms with E-state index in [1.165, 1.54) is 11.3 Å². The van der Waals surface area contributed by atoms with Crippen LogP contribution >= 0.6 is 0 Å². The van der Waals surface area contributed by atoms with Crippen molar-refractivity contribution in [2.24, 2.45) is 5.92 Å². The Bertz CT molecular complexity index is 456. The van der Waals surface area contributed by atoms with Gasteiger partial charge in [0.05, 0.1) is 0 Å². The largest absolute Gasteiger partial charge is 0.385 e. The van der Waals surface area contributed by atoms with Gasteiger partial charge in [0.15, 0.2) is 0 Å². The third-order valence-electron chi connectivity index (χ3n) is 3.92. The van der Waals surface area contributed by atoms with Crippen molar-refractivity contribution in [1.82, 2.24) is 4.90 Å². The summed E-state index contributed by atoms with van der Waals surface area (Å²) in [5, 5.41) is 3.37. The van der Waals surface area contributed by atoms with E-state index >= 15 is 0 Å². The van der Waals surface area contributed by atoms with Crippen LogP contribution in [-0.4, -0.2) is 30.9 Å². The van der Waals surface area contributed by atoms with Crippen LogP contribution in [0.15, 0.2) is 18.2 Å². The summed E-state index contributed by atoms with van der Waals surface area (Å²) in [6.45, 7) is 6.20. The molecule has 1 N–H and O–H groups in total. The van der Waals surface area contributed by atoms with Crippen molar-refractivity contribution < 1.29 is 4.79 Å². The van der Waals surface area contributed by atoms with E-state index in [1.54, 1.807) is 0 Å². The van der Waals surface area contributed by atoms with Crippen molar-refractivity contribution in [3.63, 3.8) is 0 Å². The fourth-order valence-electron chi connectivity index (χ4n) is 2.51. The van der Waals surface area contributed by atoms with Crippen LogP contribution in [0.1, 0.15) is 42.6 Å². The standard InChI is InChI=1S/C16H24N2O/c1-4-12(2)11-18(3)16(19)14-7-8-15-13(10-14)6-5-9-17-15/h7-8,10,12,17H,4-6,9,11H2,1-3H3. The zero-order chi connectivity index (χ0) is 13.8. The molecule has 0 saturated heterocycles. The second kappa shape index (κ2) is 6.09. The van der Waals surface area contributed by atoms with E-state index in [9.17, 15) is 4.79 Å². The average molecular weight is 260 g/mol. The molecular weight excluding hydrogens is 236 g/mol. The van der Waals surface area contributed by atoms with Crippen LogP contribution in [0, 0.1) is 5.92 Å². The van der Waals surface area contributed by atoms with E-state index in [1.807, 2.05) is 24.1 Å². The van der Waals surface area contributed by atoms with Crippen molar-refractivity contribution in [3.8, 4) is 0 Å². The highest BCUT2D eigenvalue weighted by Crippen LogP contribution is 2.23. The molecule has 0 saturated carbocycles. The van der Waals surface area contributed by atoms with E-state index in [-0.39, 0.29) is 5.91 Å². The minimum Gasteiger partial charge on any atom is -0.385 e. The SMILES string of the molecule is CCC(C)CN(C)C(=O)c1ccc2c(c1)CCCN2. The predicted octanol–water partition coefficient (Wildman–Crippen LogP) is 3.16. The van der Waals surface area contributed by atoms with E-state index in [2.05, 4.69) is 25.2 Å². The molecule has 0 bridgehead atoms. The number of nitrogens with zero attached hydrogens (tertiary/aromatic N) is 1. The molecule has 0 aromatic heterocycles. The molecule has 1 aromatic carbocycles. The lowest BCUT2D eigenvalue weighted by molar-refractivity contribution is 0.0775. The summed E-state index contributed by atoms with van der Waals surface area (Å²) in [7, 11) is 1.90. The van der Waals surface area contributed by atoms with Crippen LogP contribution in [0.4, 0.5) is 5.69 Å². The second-order valence-corrected chi connectivity index (χ2v) is 5.60. The lowest BCUT2D eigenvalue weighted by atomic mass is 10.00. The molecule has 1 atom stereocenters. The predicted molar refractivity (Wildman–Crippen MR) is 79.7 cm³/mol. The maximum Gasteiger partial charge on any atom is 0.253 e. The Labute approximate surface area is 116 Å². The first kappa shape index (κ1) is 13.9. The van der Waals surface area contributed by atoms with E-state index in [0.29, 0.717) is 5.92 Å². The summed E-state index contributed by atoms with van der Waals surface area (Å²) in [6.07, 6.45) is 3.32. The first-order valence-corrected chi connectivity index (χ1v) is 7.24. The number of hydrogen-bond acceptors (Lipinski definition) is 2.